The third kappa shape index (κ3) is 3.49. The fourth-order valence-electron chi connectivity index (χ4n) is 2.03. The summed E-state index contributed by atoms with van der Waals surface area (Å²) < 4.78 is 0. The molecule has 0 spiro atoms. The average Bonchev–Trinajstić information content (AvgIpc) is 2.35. The summed E-state index contributed by atoms with van der Waals surface area (Å²) in [7, 11) is 0. The van der Waals surface area contributed by atoms with E-state index in [-0.39, 0.29) is 17.9 Å². The first kappa shape index (κ1) is 13.0. The normalized spacial score (nSPS) is 22.2. The molecule has 4 heteroatoms. The highest BCUT2D eigenvalue weighted by molar-refractivity contribution is 5.82. The number of nitriles is 1. The molecule has 1 amide bonds. The van der Waals surface area contributed by atoms with Crippen LogP contribution in [-0.2, 0) is 4.79 Å². The quantitative estimate of drug-likeness (QED) is 0.777. The Balaban J connectivity index is 2.51. The lowest BCUT2D eigenvalue weighted by atomic mass is 10.0. The lowest BCUT2D eigenvalue weighted by Crippen LogP contribution is -2.49. The standard InChI is InChI=1S/C12H21N3O/c1-3-15(9-10(2)8-13)12(16)11-6-4-5-7-14-11/h10-11,14H,3-7,9H2,1-2H3. The van der Waals surface area contributed by atoms with Crippen LogP contribution < -0.4 is 5.32 Å². The summed E-state index contributed by atoms with van der Waals surface area (Å²) in [5.41, 5.74) is 0. The van der Waals surface area contributed by atoms with Gasteiger partial charge in [0.15, 0.2) is 0 Å². The van der Waals surface area contributed by atoms with Crippen LogP contribution in [0.15, 0.2) is 0 Å². The van der Waals surface area contributed by atoms with Crippen LogP contribution in [0.1, 0.15) is 33.1 Å². The van der Waals surface area contributed by atoms with Crippen molar-refractivity contribution in [1.29, 1.82) is 5.26 Å². The number of amides is 1. The van der Waals surface area contributed by atoms with Crippen molar-refractivity contribution in [2.24, 2.45) is 5.92 Å². The van der Waals surface area contributed by atoms with Crippen molar-refractivity contribution < 1.29 is 4.79 Å². The Hall–Kier alpha value is -1.08. The second kappa shape index (κ2) is 6.49. The lowest BCUT2D eigenvalue weighted by molar-refractivity contribution is -0.134. The zero-order valence-electron chi connectivity index (χ0n) is 10.2. The van der Waals surface area contributed by atoms with Gasteiger partial charge in [0.1, 0.15) is 0 Å². The number of nitrogens with zero attached hydrogens (tertiary/aromatic N) is 2. The Bertz CT molecular complexity index is 266. The summed E-state index contributed by atoms with van der Waals surface area (Å²) in [6.07, 6.45) is 3.20. The van der Waals surface area contributed by atoms with Gasteiger partial charge >= 0.3 is 0 Å². The summed E-state index contributed by atoms with van der Waals surface area (Å²) >= 11 is 0. The van der Waals surface area contributed by atoms with Gasteiger partial charge in [-0.1, -0.05) is 6.42 Å². The molecule has 0 aromatic carbocycles. The minimum atomic E-state index is -0.0903. The largest absolute Gasteiger partial charge is 0.340 e. The molecule has 0 aromatic rings. The summed E-state index contributed by atoms with van der Waals surface area (Å²) in [5, 5.41) is 12.0. The molecular formula is C12H21N3O. The number of carbonyl (C=O) groups excluding carboxylic acids is 1. The molecular weight excluding hydrogens is 202 g/mol. The fourth-order valence-corrected chi connectivity index (χ4v) is 2.03. The molecule has 90 valence electrons. The molecule has 2 atom stereocenters. The molecule has 0 aromatic heterocycles. The second-order valence-electron chi connectivity index (χ2n) is 4.41. The minimum absolute atomic E-state index is 0.0282. The Morgan fingerprint density at radius 2 is 2.38 bits per heavy atom. The predicted molar refractivity (Wildman–Crippen MR) is 62.7 cm³/mol. The highest BCUT2D eigenvalue weighted by Gasteiger charge is 2.25. The number of piperidine rings is 1. The van der Waals surface area contributed by atoms with Gasteiger partial charge in [0.25, 0.3) is 0 Å². The van der Waals surface area contributed by atoms with E-state index in [0.717, 1.165) is 25.8 Å². The fraction of sp³-hybridized carbons (Fsp3) is 0.833. The van der Waals surface area contributed by atoms with E-state index in [9.17, 15) is 4.79 Å². The Morgan fingerprint density at radius 3 is 2.88 bits per heavy atom. The highest BCUT2D eigenvalue weighted by atomic mass is 16.2. The van der Waals surface area contributed by atoms with Crippen molar-refractivity contribution in [3.8, 4) is 6.07 Å². The van der Waals surface area contributed by atoms with Gasteiger partial charge in [0.05, 0.1) is 18.0 Å². The maximum absolute atomic E-state index is 12.1. The van der Waals surface area contributed by atoms with Crippen molar-refractivity contribution >= 4 is 5.91 Å². The lowest BCUT2D eigenvalue weighted by Gasteiger charge is -2.29. The number of hydrogen-bond acceptors (Lipinski definition) is 3. The third-order valence-corrected chi connectivity index (χ3v) is 3.02. The summed E-state index contributed by atoms with van der Waals surface area (Å²) in [4.78, 5) is 13.9. The summed E-state index contributed by atoms with van der Waals surface area (Å²) in [6.45, 7) is 5.98. The number of likely N-dealkylation sites (N-methyl/N-ethyl adjacent to an activating group) is 1. The zero-order valence-corrected chi connectivity index (χ0v) is 10.2. The maximum Gasteiger partial charge on any atom is 0.239 e. The number of hydrogen-bond donors (Lipinski definition) is 1. The minimum Gasteiger partial charge on any atom is -0.340 e. The van der Waals surface area contributed by atoms with Gasteiger partial charge in [-0.15, -0.1) is 0 Å². The topological polar surface area (TPSA) is 56.1 Å². The molecule has 1 heterocycles. The molecule has 4 nitrogen and oxygen atoms in total. The molecule has 2 unspecified atom stereocenters. The van der Waals surface area contributed by atoms with Crippen molar-refractivity contribution in [1.82, 2.24) is 10.2 Å². The average molecular weight is 223 g/mol. The van der Waals surface area contributed by atoms with Crippen molar-refractivity contribution in [3.05, 3.63) is 0 Å². The van der Waals surface area contributed by atoms with Gasteiger partial charge in [-0.3, -0.25) is 4.79 Å². The van der Waals surface area contributed by atoms with Crippen LogP contribution in [0.3, 0.4) is 0 Å². The van der Waals surface area contributed by atoms with E-state index < -0.39 is 0 Å². The summed E-state index contributed by atoms with van der Waals surface area (Å²) in [5.74, 6) is 0.0665. The Kier molecular flexibility index (Phi) is 5.27. The number of carbonyl (C=O) groups is 1. The van der Waals surface area contributed by atoms with E-state index in [1.165, 1.54) is 0 Å². The number of nitrogens with one attached hydrogen (secondary N) is 1. The first-order chi connectivity index (χ1) is 7.69. The highest BCUT2D eigenvalue weighted by Crippen LogP contribution is 2.11. The molecule has 1 rings (SSSR count). The van der Waals surface area contributed by atoms with E-state index in [1.807, 2.05) is 13.8 Å². The first-order valence-electron chi connectivity index (χ1n) is 6.10. The van der Waals surface area contributed by atoms with Crippen LogP contribution in [0.5, 0.6) is 0 Å². The van der Waals surface area contributed by atoms with Crippen LogP contribution >= 0.6 is 0 Å². The van der Waals surface area contributed by atoms with Crippen molar-refractivity contribution in [2.45, 2.75) is 39.2 Å². The predicted octanol–water partition coefficient (Wildman–Crippen LogP) is 1.14. The van der Waals surface area contributed by atoms with Gasteiger partial charge in [-0.25, -0.2) is 0 Å². The van der Waals surface area contributed by atoms with Crippen LogP contribution in [0.4, 0.5) is 0 Å². The molecule has 1 aliphatic rings. The molecule has 0 bridgehead atoms. The van der Waals surface area contributed by atoms with Crippen molar-refractivity contribution in [2.75, 3.05) is 19.6 Å². The van der Waals surface area contributed by atoms with E-state index >= 15 is 0 Å². The zero-order chi connectivity index (χ0) is 12.0. The number of rotatable bonds is 4. The van der Waals surface area contributed by atoms with Crippen LogP contribution in [0, 0.1) is 17.2 Å². The second-order valence-corrected chi connectivity index (χ2v) is 4.41. The monoisotopic (exact) mass is 223 g/mol. The Labute approximate surface area is 97.6 Å². The molecule has 16 heavy (non-hydrogen) atoms. The van der Waals surface area contributed by atoms with Crippen LogP contribution in [0.25, 0.3) is 0 Å². The van der Waals surface area contributed by atoms with E-state index in [2.05, 4.69) is 11.4 Å². The van der Waals surface area contributed by atoms with E-state index in [1.54, 1.807) is 4.90 Å². The molecule has 1 saturated heterocycles. The first-order valence-corrected chi connectivity index (χ1v) is 6.10. The maximum atomic E-state index is 12.1. The smallest absolute Gasteiger partial charge is 0.239 e. The Morgan fingerprint density at radius 1 is 1.62 bits per heavy atom. The van der Waals surface area contributed by atoms with E-state index in [4.69, 9.17) is 5.26 Å². The molecule has 0 aliphatic carbocycles. The molecule has 1 fully saturated rings. The van der Waals surface area contributed by atoms with Crippen LogP contribution in [-0.4, -0.2) is 36.5 Å². The van der Waals surface area contributed by atoms with Gasteiger partial charge in [0.2, 0.25) is 5.91 Å². The van der Waals surface area contributed by atoms with Crippen LogP contribution in [0.2, 0.25) is 0 Å². The SMILES string of the molecule is CCN(CC(C)C#N)C(=O)C1CCCCN1. The molecule has 1 aliphatic heterocycles. The molecule has 0 radical (unpaired) electrons. The van der Waals surface area contributed by atoms with Gasteiger partial charge in [-0.2, -0.15) is 5.26 Å². The van der Waals surface area contributed by atoms with Gasteiger partial charge < -0.3 is 10.2 Å². The van der Waals surface area contributed by atoms with Crippen molar-refractivity contribution in [3.63, 3.8) is 0 Å². The molecule has 1 N–H and O–H groups in total. The van der Waals surface area contributed by atoms with Gasteiger partial charge in [0, 0.05) is 13.1 Å². The van der Waals surface area contributed by atoms with E-state index in [0.29, 0.717) is 13.1 Å². The molecule has 0 saturated carbocycles. The third-order valence-electron chi connectivity index (χ3n) is 3.02. The summed E-state index contributed by atoms with van der Waals surface area (Å²) in [6, 6.07) is 2.15. The van der Waals surface area contributed by atoms with Gasteiger partial charge in [-0.05, 0) is 33.2 Å².